The fourth-order valence-electron chi connectivity index (χ4n) is 2.49. The number of hydrogen-bond donors (Lipinski definition) is 2. The van der Waals surface area contributed by atoms with Gasteiger partial charge in [-0.2, -0.15) is 0 Å². The topological polar surface area (TPSA) is 117 Å². The van der Waals surface area contributed by atoms with Crippen LogP contribution in [0.25, 0.3) is 0 Å². The molecule has 124 valence electrons. The van der Waals surface area contributed by atoms with Crippen LogP contribution in [-0.4, -0.2) is 59.6 Å². The number of carbonyl (C=O) groups excluding carboxylic acids is 2. The van der Waals surface area contributed by atoms with Crippen LogP contribution in [0.4, 0.5) is 4.79 Å². The predicted molar refractivity (Wildman–Crippen MR) is 80.0 cm³/mol. The van der Waals surface area contributed by atoms with Gasteiger partial charge in [-0.1, -0.05) is 0 Å². The molecular weight excluding hydrogens is 334 g/mol. The molecule has 0 spiro atoms. The summed E-state index contributed by atoms with van der Waals surface area (Å²) in [4.78, 5) is 24.2. The smallest absolute Gasteiger partial charge is 0.363 e. The molecule has 0 radical (unpaired) electrons. The molecule has 0 fully saturated rings. The molecule has 1 aliphatic carbocycles. The highest BCUT2D eigenvalue weighted by Crippen LogP contribution is 2.39. The highest BCUT2D eigenvalue weighted by molar-refractivity contribution is 7.93. The second kappa shape index (κ2) is 7.51. The number of hydrogen-bond acceptors (Lipinski definition) is 5. The largest absolute Gasteiger partial charge is 0.588 e. The average Bonchev–Trinajstić information content (AvgIpc) is 2.82. The fourth-order valence-corrected chi connectivity index (χ4v) is 4.15. The summed E-state index contributed by atoms with van der Waals surface area (Å²) in [6.45, 7) is 0.783. The molecular formula is C12H18ClN3O5S. The van der Waals surface area contributed by atoms with E-state index >= 15 is 0 Å². The molecule has 3 amide bonds. The minimum atomic E-state index is -1.68. The van der Waals surface area contributed by atoms with Crippen molar-refractivity contribution in [2.75, 3.05) is 32.7 Å². The van der Waals surface area contributed by atoms with Gasteiger partial charge < -0.3 is 25.1 Å². The number of alkyl halides is 1. The first kappa shape index (κ1) is 17.4. The van der Waals surface area contributed by atoms with Crippen molar-refractivity contribution >= 4 is 34.9 Å². The molecule has 2 aliphatic rings. The Morgan fingerprint density at radius 3 is 2.91 bits per heavy atom. The highest BCUT2D eigenvalue weighted by atomic mass is 35.5. The number of urea groups is 1. The molecule has 0 aromatic carbocycles. The zero-order valence-corrected chi connectivity index (χ0v) is 13.6. The second-order valence-electron chi connectivity index (χ2n) is 4.79. The van der Waals surface area contributed by atoms with Crippen molar-refractivity contribution in [3.8, 4) is 0 Å². The van der Waals surface area contributed by atoms with Gasteiger partial charge in [-0.15, -0.1) is 15.9 Å². The van der Waals surface area contributed by atoms with E-state index in [9.17, 15) is 14.1 Å². The molecule has 3 atom stereocenters. The number of nitrogens with two attached hydrogens (primary N) is 1. The summed E-state index contributed by atoms with van der Waals surface area (Å²) in [5.41, 5.74) is 5.71. The maximum atomic E-state index is 12.5. The van der Waals surface area contributed by atoms with E-state index in [0.29, 0.717) is 17.2 Å². The molecule has 22 heavy (non-hydrogen) atoms. The van der Waals surface area contributed by atoms with E-state index in [1.807, 2.05) is 0 Å². The molecule has 0 saturated carbocycles. The van der Waals surface area contributed by atoms with Gasteiger partial charge in [0.25, 0.3) is 0 Å². The van der Waals surface area contributed by atoms with Crippen molar-refractivity contribution in [2.24, 2.45) is 11.7 Å². The Bertz CT molecular complexity index is 489. The van der Waals surface area contributed by atoms with E-state index in [1.54, 1.807) is 0 Å². The van der Waals surface area contributed by atoms with Crippen LogP contribution in [0.1, 0.15) is 6.42 Å². The SMILES string of the molecule is COCCOC1CC2=C(NC(=O)N(CCCl)[S+]2[O-])[C@H]1C(N)=O. The van der Waals surface area contributed by atoms with Crippen LogP contribution in [0.3, 0.4) is 0 Å². The van der Waals surface area contributed by atoms with Crippen LogP contribution in [0.2, 0.25) is 0 Å². The molecule has 0 bridgehead atoms. The van der Waals surface area contributed by atoms with Gasteiger partial charge in [0.1, 0.15) is 17.3 Å². The van der Waals surface area contributed by atoms with E-state index in [-0.39, 0.29) is 25.5 Å². The van der Waals surface area contributed by atoms with Crippen molar-refractivity contribution in [1.29, 1.82) is 0 Å². The van der Waals surface area contributed by atoms with Gasteiger partial charge >= 0.3 is 6.03 Å². The molecule has 0 saturated heterocycles. The third-order valence-electron chi connectivity index (χ3n) is 3.46. The zero-order chi connectivity index (χ0) is 16.3. The first-order valence-electron chi connectivity index (χ1n) is 6.70. The van der Waals surface area contributed by atoms with E-state index in [1.165, 1.54) is 7.11 Å². The van der Waals surface area contributed by atoms with Gasteiger partial charge in [-0.25, -0.2) is 4.79 Å². The van der Waals surface area contributed by atoms with Crippen molar-refractivity contribution in [3.63, 3.8) is 0 Å². The van der Waals surface area contributed by atoms with Gasteiger partial charge in [0.15, 0.2) is 4.91 Å². The van der Waals surface area contributed by atoms with Gasteiger partial charge in [0.2, 0.25) is 5.91 Å². The summed E-state index contributed by atoms with van der Waals surface area (Å²) < 4.78 is 24.1. The number of rotatable bonds is 7. The summed E-state index contributed by atoms with van der Waals surface area (Å²) in [6.07, 6.45) is -0.295. The van der Waals surface area contributed by atoms with E-state index in [2.05, 4.69) is 5.32 Å². The third kappa shape index (κ3) is 3.33. The zero-order valence-electron chi connectivity index (χ0n) is 12.0. The molecule has 2 rings (SSSR count). The van der Waals surface area contributed by atoms with E-state index < -0.39 is 35.3 Å². The first-order chi connectivity index (χ1) is 10.5. The summed E-state index contributed by atoms with van der Waals surface area (Å²) in [6, 6.07) is -0.554. The molecule has 1 heterocycles. The number of carbonyl (C=O) groups is 2. The van der Waals surface area contributed by atoms with Gasteiger partial charge in [0, 0.05) is 19.4 Å². The Labute approximate surface area is 136 Å². The summed E-state index contributed by atoms with van der Waals surface area (Å²) in [5.74, 6) is -1.29. The maximum absolute atomic E-state index is 12.5. The number of nitrogens with zero attached hydrogens (tertiary/aromatic N) is 1. The number of ether oxygens (including phenoxy) is 2. The van der Waals surface area contributed by atoms with Crippen molar-refractivity contribution < 1.29 is 23.6 Å². The van der Waals surface area contributed by atoms with Gasteiger partial charge in [0.05, 0.1) is 31.6 Å². The lowest BCUT2D eigenvalue weighted by Crippen LogP contribution is -2.50. The number of amides is 3. The summed E-state index contributed by atoms with van der Waals surface area (Å²) >= 11 is 3.93. The number of nitrogens with one attached hydrogen (secondary N) is 1. The van der Waals surface area contributed by atoms with Crippen LogP contribution in [0.5, 0.6) is 0 Å². The molecule has 8 nitrogen and oxygen atoms in total. The standard InChI is InChI=1S/C12H18ClN3O5S/c1-20-4-5-21-7-6-8-10(9(7)11(14)17)15-12(18)16(3-2-13)22(8)19/h7,9H,2-6H2,1H3,(H2,14,17)(H,15,18)/t7?,9-,22?/m0/s1. The molecule has 2 unspecified atom stereocenters. The molecule has 10 heteroatoms. The normalized spacial score (nSPS) is 27.9. The van der Waals surface area contributed by atoms with E-state index in [4.69, 9.17) is 26.8 Å². The fraction of sp³-hybridized carbons (Fsp3) is 0.667. The minimum Gasteiger partial charge on any atom is -0.588 e. The summed E-state index contributed by atoms with van der Waals surface area (Å²) in [5, 5.41) is 2.60. The monoisotopic (exact) mass is 351 g/mol. The Morgan fingerprint density at radius 2 is 2.32 bits per heavy atom. The Kier molecular flexibility index (Phi) is 5.93. The van der Waals surface area contributed by atoms with Crippen LogP contribution >= 0.6 is 11.6 Å². The molecule has 0 aromatic rings. The van der Waals surface area contributed by atoms with E-state index in [0.717, 1.165) is 4.31 Å². The third-order valence-corrected chi connectivity index (χ3v) is 5.19. The highest BCUT2D eigenvalue weighted by Gasteiger charge is 2.50. The minimum absolute atomic E-state index is 0.146. The Morgan fingerprint density at radius 1 is 1.59 bits per heavy atom. The second-order valence-corrected chi connectivity index (χ2v) is 6.60. The van der Waals surface area contributed by atoms with Crippen molar-refractivity contribution in [3.05, 3.63) is 10.6 Å². The van der Waals surface area contributed by atoms with Crippen LogP contribution in [0, 0.1) is 5.92 Å². The average molecular weight is 352 g/mol. The van der Waals surface area contributed by atoms with Crippen LogP contribution in [0.15, 0.2) is 10.6 Å². The lowest BCUT2D eigenvalue weighted by Gasteiger charge is -2.29. The molecule has 1 aliphatic heterocycles. The summed E-state index contributed by atoms with van der Waals surface area (Å²) in [7, 11) is 1.53. The quantitative estimate of drug-likeness (QED) is 0.370. The first-order valence-corrected chi connectivity index (χ1v) is 8.34. The van der Waals surface area contributed by atoms with Gasteiger partial charge in [-0.3, -0.25) is 4.79 Å². The van der Waals surface area contributed by atoms with Crippen LogP contribution in [-0.2, 0) is 25.6 Å². The molecule has 3 N–H and O–H groups in total. The van der Waals surface area contributed by atoms with Crippen molar-refractivity contribution in [1.82, 2.24) is 9.62 Å². The number of halogens is 1. The van der Waals surface area contributed by atoms with Gasteiger partial charge in [-0.05, 0) is 0 Å². The number of primary amides is 1. The number of methoxy groups -OCH3 is 1. The lowest BCUT2D eigenvalue weighted by molar-refractivity contribution is -0.125. The Hall–Kier alpha value is -1.00. The van der Waals surface area contributed by atoms with Crippen molar-refractivity contribution in [2.45, 2.75) is 12.5 Å². The lowest BCUT2D eigenvalue weighted by atomic mass is 10.0. The van der Waals surface area contributed by atoms with Crippen LogP contribution < -0.4 is 11.1 Å². The Balaban J connectivity index is 2.19. The predicted octanol–water partition coefficient (Wildman–Crippen LogP) is -0.337. The molecule has 0 aromatic heterocycles. The maximum Gasteiger partial charge on any atom is 0.363 e.